The zero-order valence-electron chi connectivity index (χ0n) is 16.3. The van der Waals surface area contributed by atoms with Gasteiger partial charge in [-0.1, -0.05) is 42.5 Å². The van der Waals surface area contributed by atoms with Crippen molar-refractivity contribution in [3.8, 4) is 0 Å². The van der Waals surface area contributed by atoms with Gasteiger partial charge in [0.2, 0.25) is 5.91 Å². The summed E-state index contributed by atoms with van der Waals surface area (Å²) in [5.41, 5.74) is 3.39. The molecule has 0 aliphatic heterocycles. The second-order valence-corrected chi connectivity index (χ2v) is 7.86. The molecule has 0 heterocycles. The van der Waals surface area contributed by atoms with Crippen LogP contribution in [-0.2, 0) is 11.2 Å². The number of hydrogen-bond donors (Lipinski definition) is 1. The molecule has 1 N–H and O–H groups in total. The standard InChI is InChI=1S/C24H28N2O2/c27-23(14-7-17-25-24(28)19-9-2-1-3-10-19)26(20-15-16-20)22-13-6-11-18-8-4-5-12-21(18)22/h1-5,8-10,12,20,22H,6-7,11,13-17H2,(H,25,28). The van der Waals surface area contributed by atoms with Crippen molar-refractivity contribution in [3.63, 3.8) is 0 Å². The van der Waals surface area contributed by atoms with Gasteiger partial charge < -0.3 is 10.2 Å². The number of hydrogen-bond acceptors (Lipinski definition) is 2. The zero-order valence-corrected chi connectivity index (χ0v) is 16.3. The predicted octanol–water partition coefficient (Wildman–Crippen LogP) is 4.27. The molecule has 2 amide bonds. The normalized spacial score (nSPS) is 18.2. The van der Waals surface area contributed by atoms with Crippen molar-refractivity contribution in [2.24, 2.45) is 0 Å². The number of rotatable bonds is 7. The number of nitrogens with zero attached hydrogens (tertiary/aromatic N) is 1. The molecule has 0 radical (unpaired) electrons. The van der Waals surface area contributed by atoms with Crippen molar-refractivity contribution in [1.29, 1.82) is 0 Å². The molecule has 1 atom stereocenters. The maximum Gasteiger partial charge on any atom is 0.251 e. The second kappa shape index (κ2) is 8.59. The molecule has 146 valence electrons. The summed E-state index contributed by atoms with van der Waals surface area (Å²) in [5, 5.41) is 2.92. The Morgan fingerprint density at radius 1 is 0.964 bits per heavy atom. The molecule has 2 aliphatic rings. The molecule has 2 aliphatic carbocycles. The van der Waals surface area contributed by atoms with Crippen LogP contribution in [0, 0.1) is 0 Å². The monoisotopic (exact) mass is 376 g/mol. The van der Waals surface area contributed by atoms with Crippen LogP contribution in [0.2, 0.25) is 0 Å². The highest BCUT2D eigenvalue weighted by Gasteiger charge is 2.38. The number of fused-ring (bicyclic) bond motifs is 1. The van der Waals surface area contributed by atoms with Gasteiger partial charge in [0.15, 0.2) is 0 Å². The van der Waals surface area contributed by atoms with E-state index >= 15 is 0 Å². The molecule has 2 aromatic rings. The summed E-state index contributed by atoms with van der Waals surface area (Å²) in [6.07, 6.45) is 6.73. The number of aryl methyl sites for hydroxylation is 1. The maximum atomic E-state index is 13.1. The van der Waals surface area contributed by atoms with E-state index in [4.69, 9.17) is 0 Å². The van der Waals surface area contributed by atoms with E-state index in [0.29, 0.717) is 31.0 Å². The SMILES string of the molecule is O=C(NCCCC(=O)N(C1CC1)C1CCCc2ccccc21)c1ccccc1. The zero-order chi connectivity index (χ0) is 19.3. The molecule has 0 aromatic heterocycles. The molecule has 0 spiro atoms. The number of benzene rings is 2. The molecule has 4 rings (SSSR count). The summed E-state index contributed by atoms with van der Waals surface area (Å²) in [7, 11) is 0. The van der Waals surface area contributed by atoms with Gasteiger partial charge in [-0.2, -0.15) is 0 Å². The van der Waals surface area contributed by atoms with E-state index in [0.717, 1.165) is 32.1 Å². The topological polar surface area (TPSA) is 49.4 Å². The summed E-state index contributed by atoms with van der Waals surface area (Å²) < 4.78 is 0. The van der Waals surface area contributed by atoms with Crippen molar-refractivity contribution < 1.29 is 9.59 Å². The first kappa shape index (κ1) is 18.7. The highest BCUT2D eigenvalue weighted by molar-refractivity contribution is 5.94. The third-order valence-electron chi connectivity index (χ3n) is 5.79. The van der Waals surface area contributed by atoms with E-state index < -0.39 is 0 Å². The first-order valence-corrected chi connectivity index (χ1v) is 10.5. The van der Waals surface area contributed by atoms with Gasteiger partial charge in [-0.3, -0.25) is 9.59 Å². The van der Waals surface area contributed by atoms with Crippen molar-refractivity contribution in [2.45, 2.75) is 57.0 Å². The van der Waals surface area contributed by atoms with Crippen LogP contribution in [0.4, 0.5) is 0 Å². The Bertz CT molecular complexity index is 830. The Labute approximate surface area is 166 Å². The Hall–Kier alpha value is -2.62. The molecule has 1 unspecified atom stereocenters. The molecular formula is C24H28N2O2. The average molecular weight is 377 g/mol. The minimum absolute atomic E-state index is 0.0756. The Morgan fingerprint density at radius 2 is 1.71 bits per heavy atom. The van der Waals surface area contributed by atoms with Crippen LogP contribution in [0.1, 0.15) is 66.1 Å². The fraction of sp³-hybridized carbons (Fsp3) is 0.417. The molecule has 0 bridgehead atoms. The Kier molecular flexibility index (Phi) is 5.75. The fourth-order valence-electron chi connectivity index (χ4n) is 4.26. The Morgan fingerprint density at radius 3 is 2.50 bits per heavy atom. The summed E-state index contributed by atoms with van der Waals surface area (Å²) in [6.45, 7) is 0.527. The van der Waals surface area contributed by atoms with Crippen LogP contribution in [-0.4, -0.2) is 29.3 Å². The van der Waals surface area contributed by atoms with Gasteiger partial charge in [0.25, 0.3) is 5.91 Å². The van der Waals surface area contributed by atoms with E-state index in [1.54, 1.807) is 12.1 Å². The van der Waals surface area contributed by atoms with Crippen LogP contribution in [0.3, 0.4) is 0 Å². The van der Waals surface area contributed by atoms with Gasteiger partial charge in [0, 0.05) is 24.6 Å². The van der Waals surface area contributed by atoms with E-state index in [1.165, 1.54) is 11.1 Å². The molecule has 1 fully saturated rings. The smallest absolute Gasteiger partial charge is 0.251 e. The minimum atomic E-state index is -0.0756. The molecule has 2 aromatic carbocycles. The summed E-state index contributed by atoms with van der Waals surface area (Å²) >= 11 is 0. The van der Waals surface area contributed by atoms with Gasteiger partial charge in [0.05, 0.1) is 6.04 Å². The van der Waals surface area contributed by atoms with Gasteiger partial charge in [-0.25, -0.2) is 0 Å². The van der Waals surface area contributed by atoms with E-state index in [1.807, 2.05) is 18.2 Å². The molecule has 28 heavy (non-hydrogen) atoms. The quantitative estimate of drug-likeness (QED) is 0.734. The molecule has 4 nitrogen and oxygen atoms in total. The van der Waals surface area contributed by atoms with Crippen LogP contribution >= 0.6 is 0 Å². The van der Waals surface area contributed by atoms with E-state index in [-0.39, 0.29) is 17.9 Å². The first-order valence-electron chi connectivity index (χ1n) is 10.5. The third kappa shape index (κ3) is 4.27. The van der Waals surface area contributed by atoms with Gasteiger partial charge in [-0.15, -0.1) is 0 Å². The second-order valence-electron chi connectivity index (χ2n) is 7.86. The molecule has 4 heteroatoms. The van der Waals surface area contributed by atoms with Crippen LogP contribution in [0.25, 0.3) is 0 Å². The number of nitrogens with one attached hydrogen (secondary N) is 1. The third-order valence-corrected chi connectivity index (χ3v) is 5.79. The lowest BCUT2D eigenvalue weighted by molar-refractivity contribution is -0.134. The predicted molar refractivity (Wildman–Crippen MR) is 110 cm³/mol. The van der Waals surface area contributed by atoms with Gasteiger partial charge in [-0.05, 0) is 61.8 Å². The van der Waals surface area contributed by atoms with Gasteiger partial charge in [0.1, 0.15) is 0 Å². The fourth-order valence-corrected chi connectivity index (χ4v) is 4.26. The summed E-state index contributed by atoms with van der Waals surface area (Å²) in [4.78, 5) is 27.3. The number of carbonyl (C=O) groups is 2. The van der Waals surface area contributed by atoms with Crippen LogP contribution < -0.4 is 5.32 Å². The van der Waals surface area contributed by atoms with E-state index in [9.17, 15) is 9.59 Å². The lowest BCUT2D eigenvalue weighted by atomic mass is 9.86. The van der Waals surface area contributed by atoms with Gasteiger partial charge >= 0.3 is 0 Å². The average Bonchev–Trinajstić information content (AvgIpc) is 3.57. The van der Waals surface area contributed by atoms with Crippen molar-refractivity contribution in [2.75, 3.05) is 6.54 Å². The first-order chi connectivity index (χ1) is 13.7. The lowest BCUT2D eigenvalue weighted by Gasteiger charge is -2.36. The van der Waals surface area contributed by atoms with Crippen molar-refractivity contribution >= 4 is 11.8 Å². The minimum Gasteiger partial charge on any atom is -0.352 e. The molecular weight excluding hydrogens is 348 g/mol. The lowest BCUT2D eigenvalue weighted by Crippen LogP contribution is -2.38. The highest BCUT2D eigenvalue weighted by atomic mass is 16.2. The number of amides is 2. The molecule has 0 saturated heterocycles. The van der Waals surface area contributed by atoms with Crippen molar-refractivity contribution in [3.05, 3.63) is 71.3 Å². The highest BCUT2D eigenvalue weighted by Crippen LogP contribution is 2.41. The van der Waals surface area contributed by atoms with Crippen LogP contribution in [0.15, 0.2) is 54.6 Å². The van der Waals surface area contributed by atoms with Crippen molar-refractivity contribution in [1.82, 2.24) is 10.2 Å². The molecule has 1 saturated carbocycles. The van der Waals surface area contributed by atoms with Crippen LogP contribution in [0.5, 0.6) is 0 Å². The number of carbonyl (C=O) groups excluding carboxylic acids is 2. The largest absolute Gasteiger partial charge is 0.352 e. The van der Waals surface area contributed by atoms with E-state index in [2.05, 4.69) is 34.5 Å². The summed E-state index contributed by atoms with van der Waals surface area (Å²) in [5.74, 6) is 0.159. The Balaban J connectivity index is 1.33. The maximum absolute atomic E-state index is 13.1. The summed E-state index contributed by atoms with van der Waals surface area (Å²) in [6, 6.07) is 18.4.